The Morgan fingerprint density at radius 3 is 2.48 bits per heavy atom. The number of hydrogen-bond donors (Lipinski definition) is 2. The van der Waals surface area contributed by atoms with E-state index in [2.05, 4.69) is 0 Å². The number of H-pyrrole nitrogens is 1. The molecule has 0 saturated carbocycles. The normalized spacial score (nSPS) is 12.7. The molecule has 0 bridgehead atoms. The van der Waals surface area contributed by atoms with Crippen molar-refractivity contribution in [2.24, 2.45) is 0 Å². The fraction of sp³-hybridized carbons (Fsp3) is 0.312. The summed E-state index contributed by atoms with van der Waals surface area (Å²) in [4.78, 5) is 25.2. The molecule has 0 fully saturated rings. The minimum atomic E-state index is -5.07. The van der Waals surface area contributed by atoms with Gasteiger partial charge in [-0.25, -0.2) is 4.79 Å². The van der Waals surface area contributed by atoms with Crippen molar-refractivity contribution in [3.63, 3.8) is 0 Å². The highest BCUT2D eigenvalue weighted by Gasteiger charge is 2.40. The lowest BCUT2D eigenvalue weighted by molar-refractivity contribution is -0.140. The van der Waals surface area contributed by atoms with Gasteiger partial charge in [0.2, 0.25) is 0 Å². The zero-order valence-corrected chi connectivity index (χ0v) is 13.3. The second-order valence-corrected chi connectivity index (χ2v) is 5.41. The molecule has 25 heavy (non-hydrogen) atoms. The fourth-order valence-electron chi connectivity index (χ4n) is 2.65. The molecule has 1 atom stereocenters. The lowest BCUT2D eigenvalue weighted by Crippen LogP contribution is -2.39. The van der Waals surface area contributed by atoms with Crippen LogP contribution in [0.2, 0.25) is 0 Å². The number of nitrogens with zero attached hydrogens (tertiary/aromatic N) is 2. The van der Waals surface area contributed by atoms with E-state index in [-0.39, 0.29) is 17.7 Å². The molecule has 0 spiro atoms. The van der Waals surface area contributed by atoms with Gasteiger partial charge in [0.05, 0.1) is 17.3 Å². The Kier molecular flexibility index (Phi) is 4.85. The molecule has 0 aliphatic heterocycles. The van der Waals surface area contributed by atoms with Gasteiger partial charge in [0.15, 0.2) is 0 Å². The van der Waals surface area contributed by atoms with Crippen LogP contribution in [-0.4, -0.2) is 14.7 Å². The van der Waals surface area contributed by atoms with Gasteiger partial charge >= 0.3 is 11.9 Å². The maximum Gasteiger partial charge on any atom is 0.423 e. The highest BCUT2D eigenvalue weighted by atomic mass is 19.4. The second kappa shape index (κ2) is 6.57. The Morgan fingerprint density at radius 2 is 1.96 bits per heavy atom. The molecule has 2 aromatic rings. The number of rotatable bonds is 3. The summed E-state index contributed by atoms with van der Waals surface area (Å²) in [6, 6.07) is 5.93. The summed E-state index contributed by atoms with van der Waals surface area (Å²) >= 11 is 0. The lowest BCUT2D eigenvalue weighted by Gasteiger charge is -2.21. The van der Waals surface area contributed by atoms with Crippen LogP contribution in [-0.2, 0) is 12.7 Å². The van der Waals surface area contributed by atoms with Gasteiger partial charge in [0, 0.05) is 6.54 Å². The zero-order chi connectivity index (χ0) is 18.9. The first-order valence-corrected chi connectivity index (χ1v) is 7.24. The van der Waals surface area contributed by atoms with Crippen LogP contribution in [0, 0.1) is 18.3 Å². The Morgan fingerprint density at radius 1 is 1.32 bits per heavy atom. The van der Waals surface area contributed by atoms with Crippen LogP contribution in [0.3, 0.4) is 0 Å². The highest BCUT2D eigenvalue weighted by Crippen LogP contribution is 2.34. The Bertz CT molecular complexity index is 968. The molecule has 0 amide bonds. The summed E-state index contributed by atoms with van der Waals surface area (Å²) in [6.07, 6.45) is -6.98. The summed E-state index contributed by atoms with van der Waals surface area (Å²) in [6.45, 7) is 2.82. The second-order valence-electron chi connectivity index (χ2n) is 5.41. The van der Waals surface area contributed by atoms with E-state index in [1.54, 1.807) is 11.9 Å². The van der Waals surface area contributed by atoms with E-state index in [4.69, 9.17) is 5.26 Å². The molecular weight excluding hydrogens is 339 g/mol. The third-order valence-electron chi connectivity index (χ3n) is 3.64. The van der Waals surface area contributed by atoms with Crippen LogP contribution in [0.15, 0.2) is 27.8 Å². The molecular formula is C16H14F3N3O3. The third kappa shape index (κ3) is 3.49. The molecule has 0 aliphatic carbocycles. The number of aryl methyl sites for hydroxylation is 1. The molecule has 0 aliphatic rings. The number of nitriles is 1. The molecule has 1 unspecified atom stereocenters. The number of aliphatic hydroxyl groups excluding tert-OH is 1. The van der Waals surface area contributed by atoms with E-state index in [1.807, 2.05) is 6.07 Å². The SMILES string of the molecule is CCn1c(C(O)c2cc(C)cc(C#N)c2)c(C(F)(F)F)c(=O)[nH]c1=O. The van der Waals surface area contributed by atoms with Gasteiger partial charge in [-0.15, -0.1) is 0 Å². The fourth-order valence-corrected chi connectivity index (χ4v) is 2.65. The molecule has 6 nitrogen and oxygen atoms in total. The van der Waals surface area contributed by atoms with Gasteiger partial charge in [-0.1, -0.05) is 6.07 Å². The van der Waals surface area contributed by atoms with Crippen molar-refractivity contribution in [3.8, 4) is 6.07 Å². The van der Waals surface area contributed by atoms with Crippen LogP contribution < -0.4 is 11.2 Å². The van der Waals surface area contributed by atoms with Crippen molar-refractivity contribution in [2.75, 3.05) is 0 Å². The number of aliphatic hydroxyl groups is 1. The highest BCUT2D eigenvalue weighted by molar-refractivity contribution is 5.41. The number of aromatic nitrogens is 2. The first kappa shape index (κ1) is 18.5. The summed E-state index contributed by atoms with van der Waals surface area (Å²) in [7, 11) is 0. The summed E-state index contributed by atoms with van der Waals surface area (Å²) in [5.41, 5.74) is -4.50. The van der Waals surface area contributed by atoms with Crippen molar-refractivity contribution in [2.45, 2.75) is 32.7 Å². The molecule has 132 valence electrons. The van der Waals surface area contributed by atoms with Crippen LogP contribution in [0.25, 0.3) is 0 Å². The van der Waals surface area contributed by atoms with Crippen molar-refractivity contribution in [1.82, 2.24) is 9.55 Å². The topological polar surface area (TPSA) is 98.9 Å². The van der Waals surface area contributed by atoms with Gasteiger partial charge < -0.3 is 5.11 Å². The van der Waals surface area contributed by atoms with Crippen molar-refractivity contribution in [1.29, 1.82) is 5.26 Å². The molecule has 1 aromatic heterocycles. The van der Waals surface area contributed by atoms with Crippen molar-refractivity contribution in [3.05, 3.63) is 67.0 Å². The van der Waals surface area contributed by atoms with E-state index in [0.717, 1.165) is 0 Å². The lowest BCUT2D eigenvalue weighted by atomic mass is 9.98. The largest absolute Gasteiger partial charge is 0.423 e. The first-order valence-electron chi connectivity index (χ1n) is 7.24. The predicted molar refractivity (Wildman–Crippen MR) is 82.0 cm³/mol. The maximum absolute atomic E-state index is 13.4. The number of aromatic amines is 1. The molecule has 0 radical (unpaired) electrons. The van der Waals surface area contributed by atoms with E-state index in [1.165, 1.54) is 25.1 Å². The predicted octanol–water partition coefficient (Wildman–Crippen LogP) is 1.84. The molecule has 0 saturated heterocycles. The van der Waals surface area contributed by atoms with Crippen LogP contribution in [0.5, 0.6) is 0 Å². The Labute approximate surface area is 139 Å². The average molecular weight is 353 g/mol. The molecule has 1 heterocycles. The number of alkyl halides is 3. The van der Waals surface area contributed by atoms with Gasteiger partial charge in [-0.3, -0.25) is 14.3 Å². The molecule has 2 rings (SSSR count). The molecule has 2 N–H and O–H groups in total. The van der Waals surface area contributed by atoms with Gasteiger partial charge in [0.1, 0.15) is 11.7 Å². The van der Waals surface area contributed by atoms with E-state index >= 15 is 0 Å². The summed E-state index contributed by atoms with van der Waals surface area (Å²) in [5, 5.41) is 19.5. The standard InChI is InChI=1S/C16H14F3N3O3/c1-3-22-12(11(16(17,18)19)14(24)21-15(22)25)13(23)10-5-8(2)4-9(6-10)7-20/h4-6,13,23H,3H2,1-2H3,(H,21,24,25). The number of benzene rings is 1. The first-order chi connectivity index (χ1) is 11.6. The summed E-state index contributed by atoms with van der Waals surface area (Å²) < 4.78 is 40.7. The quantitative estimate of drug-likeness (QED) is 0.879. The van der Waals surface area contributed by atoms with E-state index in [9.17, 15) is 27.9 Å². The summed E-state index contributed by atoms with van der Waals surface area (Å²) in [5.74, 6) is 0. The number of nitrogens with one attached hydrogen (secondary N) is 1. The minimum absolute atomic E-state index is 0.0192. The average Bonchev–Trinajstić information content (AvgIpc) is 2.51. The number of halogens is 3. The molecule has 9 heteroatoms. The van der Waals surface area contributed by atoms with Gasteiger partial charge in [-0.05, 0) is 37.1 Å². The Balaban J connectivity index is 2.86. The smallest absolute Gasteiger partial charge is 0.382 e. The monoisotopic (exact) mass is 353 g/mol. The van der Waals surface area contributed by atoms with Gasteiger partial charge in [0.25, 0.3) is 5.56 Å². The zero-order valence-electron chi connectivity index (χ0n) is 13.3. The van der Waals surface area contributed by atoms with Gasteiger partial charge in [-0.2, -0.15) is 18.4 Å². The van der Waals surface area contributed by atoms with Crippen LogP contribution >= 0.6 is 0 Å². The third-order valence-corrected chi connectivity index (χ3v) is 3.64. The van der Waals surface area contributed by atoms with E-state index in [0.29, 0.717) is 10.1 Å². The molecule has 1 aromatic carbocycles. The van der Waals surface area contributed by atoms with Crippen LogP contribution in [0.1, 0.15) is 41.0 Å². The maximum atomic E-state index is 13.4. The minimum Gasteiger partial charge on any atom is -0.382 e. The van der Waals surface area contributed by atoms with Crippen molar-refractivity contribution < 1.29 is 18.3 Å². The van der Waals surface area contributed by atoms with Crippen molar-refractivity contribution >= 4 is 0 Å². The van der Waals surface area contributed by atoms with Crippen LogP contribution in [0.4, 0.5) is 13.2 Å². The van der Waals surface area contributed by atoms with E-state index < -0.39 is 34.8 Å². The number of hydrogen-bond acceptors (Lipinski definition) is 4. The Hall–Kier alpha value is -2.86.